The number of aliphatic carboxylic acids is 1. The third kappa shape index (κ3) is 3.73. The molecule has 1 aromatic carbocycles. The first-order chi connectivity index (χ1) is 9.61. The van der Waals surface area contributed by atoms with Gasteiger partial charge in [-0.1, -0.05) is 19.1 Å². The molecule has 2 atom stereocenters. The van der Waals surface area contributed by atoms with Crippen LogP contribution in [0.15, 0.2) is 24.3 Å². The molecular weight excluding hydrogens is 277 g/mol. The summed E-state index contributed by atoms with van der Waals surface area (Å²) in [6.45, 7) is 2.98. The SMILES string of the molecule is CCC(c1ccc(F)cc1)N1CCSCC1CC(=O)O. The molecule has 110 valence electrons. The molecule has 0 amide bonds. The minimum Gasteiger partial charge on any atom is -0.481 e. The summed E-state index contributed by atoms with van der Waals surface area (Å²) < 4.78 is 13.1. The minimum absolute atomic E-state index is 0.0567. The molecule has 1 N–H and O–H groups in total. The van der Waals surface area contributed by atoms with E-state index in [1.54, 1.807) is 0 Å². The summed E-state index contributed by atoms with van der Waals surface area (Å²) in [5.74, 6) is 0.883. The van der Waals surface area contributed by atoms with E-state index in [0.29, 0.717) is 0 Å². The van der Waals surface area contributed by atoms with Crippen LogP contribution in [0.2, 0.25) is 0 Å². The molecule has 20 heavy (non-hydrogen) atoms. The van der Waals surface area contributed by atoms with E-state index in [0.717, 1.165) is 30.0 Å². The largest absolute Gasteiger partial charge is 0.481 e. The third-order valence-corrected chi connectivity index (χ3v) is 4.82. The lowest BCUT2D eigenvalue weighted by Gasteiger charge is -2.40. The van der Waals surface area contributed by atoms with Crippen LogP contribution in [-0.4, -0.2) is 40.1 Å². The zero-order valence-corrected chi connectivity index (χ0v) is 12.4. The van der Waals surface area contributed by atoms with Gasteiger partial charge in [0.25, 0.3) is 0 Å². The Morgan fingerprint density at radius 3 is 2.80 bits per heavy atom. The lowest BCUT2D eigenvalue weighted by atomic mass is 10.00. The number of nitrogens with zero attached hydrogens (tertiary/aromatic N) is 1. The first kappa shape index (κ1) is 15.3. The van der Waals surface area contributed by atoms with Gasteiger partial charge in [-0.15, -0.1) is 0 Å². The standard InChI is InChI=1S/C15H20FNO2S/c1-2-14(11-3-5-12(16)6-4-11)17-7-8-20-10-13(17)9-15(18)19/h3-6,13-14H,2,7-10H2,1H3,(H,18,19). The van der Waals surface area contributed by atoms with Crippen molar-refractivity contribution >= 4 is 17.7 Å². The quantitative estimate of drug-likeness (QED) is 0.906. The molecule has 1 aliphatic heterocycles. The molecule has 0 spiro atoms. The molecule has 2 unspecified atom stereocenters. The van der Waals surface area contributed by atoms with Crippen molar-refractivity contribution in [3.05, 3.63) is 35.6 Å². The molecule has 2 rings (SSSR count). The van der Waals surface area contributed by atoms with Crippen LogP contribution in [0.4, 0.5) is 4.39 Å². The predicted molar refractivity (Wildman–Crippen MR) is 79.5 cm³/mol. The van der Waals surface area contributed by atoms with Gasteiger partial charge >= 0.3 is 5.97 Å². The summed E-state index contributed by atoms with van der Waals surface area (Å²) in [7, 11) is 0. The average molecular weight is 297 g/mol. The second-order valence-corrected chi connectivity index (χ2v) is 6.19. The second-order valence-electron chi connectivity index (χ2n) is 5.04. The molecule has 0 aromatic heterocycles. The molecule has 1 aliphatic rings. The van der Waals surface area contributed by atoms with Gasteiger partial charge in [-0.05, 0) is 24.1 Å². The van der Waals surface area contributed by atoms with Crippen molar-refractivity contribution in [2.45, 2.75) is 31.8 Å². The molecule has 1 aromatic rings. The molecule has 0 bridgehead atoms. The summed E-state index contributed by atoms with van der Waals surface area (Å²) in [5, 5.41) is 9.06. The van der Waals surface area contributed by atoms with Crippen LogP contribution >= 0.6 is 11.8 Å². The topological polar surface area (TPSA) is 40.5 Å². The van der Waals surface area contributed by atoms with Crippen molar-refractivity contribution in [3.8, 4) is 0 Å². The van der Waals surface area contributed by atoms with E-state index in [4.69, 9.17) is 5.11 Å². The van der Waals surface area contributed by atoms with Crippen LogP contribution in [0.1, 0.15) is 31.4 Å². The number of rotatable bonds is 5. The van der Waals surface area contributed by atoms with E-state index >= 15 is 0 Å². The normalized spacial score (nSPS) is 21.6. The Kier molecular flexibility index (Phi) is 5.43. The number of carbonyl (C=O) groups is 1. The fourth-order valence-corrected chi connectivity index (χ4v) is 3.89. The summed E-state index contributed by atoms with van der Waals surface area (Å²) >= 11 is 1.81. The number of carboxylic acids is 1. The van der Waals surface area contributed by atoms with E-state index in [9.17, 15) is 9.18 Å². The van der Waals surface area contributed by atoms with Crippen LogP contribution in [0.25, 0.3) is 0 Å². The van der Waals surface area contributed by atoms with Gasteiger partial charge in [-0.25, -0.2) is 4.39 Å². The fraction of sp³-hybridized carbons (Fsp3) is 0.533. The smallest absolute Gasteiger partial charge is 0.304 e. The van der Waals surface area contributed by atoms with E-state index in [-0.39, 0.29) is 24.3 Å². The maximum atomic E-state index is 13.1. The van der Waals surface area contributed by atoms with Gasteiger partial charge < -0.3 is 5.11 Å². The number of thioether (sulfide) groups is 1. The first-order valence-corrected chi connectivity index (χ1v) is 8.08. The van der Waals surface area contributed by atoms with Crippen molar-refractivity contribution in [2.75, 3.05) is 18.1 Å². The monoisotopic (exact) mass is 297 g/mol. The van der Waals surface area contributed by atoms with Crippen molar-refractivity contribution in [1.29, 1.82) is 0 Å². The highest BCUT2D eigenvalue weighted by Gasteiger charge is 2.30. The maximum Gasteiger partial charge on any atom is 0.304 e. The van der Waals surface area contributed by atoms with Crippen LogP contribution in [0, 0.1) is 5.82 Å². The molecule has 0 aliphatic carbocycles. The molecule has 0 radical (unpaired) electrons. The maximum absolute atomic E-state index is 13.1. The van der Waals surface area contributed by atoms with Gasteiger partial charge in [0.15, 0.2) is 0 Å². The predicted octanol–water partition coefficient (Wildman–Crippen LogP) is 3.17. The number of benzene rings is 1. The van der Waals surface area contributed by atoms with Crippen LogP contribution in [0.3, 0.4) is 0 Å². The second kappa shape index (κ2) is 7.09. The minimum atomic E-state index is -0.753. The molecule has 1 saturated heterocycles. The van der Waals surface area contributed by atoms with E-state index < -0.39 is 5.97 Å². The lowest BCUT2D eigenvalue weighted by molar-refractivity contribution is -0.138. The Labute approximate surface area is 123 Å². The number of hydrogen-bond acceptors (Lipinski definition) is 3. The van der Waals surface area contributed by atoms with E-state index in [2.05, 4.69) is 11.8 Å². The van der Waals surface area contributed by atoms with Crippen molar-refractivity contribution < 1.29 is 14.3 Å². The molecule has 3 nitrogen and oxygen atoms in total. The van der Waals surface area contributed by atoms with Gasteiger partial charge in [0.2, 0.25) is 0 Å². The van der Waals surface area contributed by atoms with Gasteiger partial charge in [0, 0.05) is 30.1 Å². The van der Waals surface area contributed by atoms with Crippen molar-refractivity contribution in [3.63, 3.8) is 0 Å². The summed E-state index contributed by atoms with van der Waals surface area (Å²) in [6.07, 6.45) is 1.07. The number of halogens is 1. The highest BCUT2D eigenvalue weighted by molar-refractivity contribution is 7.99. The highest BCUT2D eigenvalue weighted by Crippen LogP contribution is 2.31. The molecule has 5 heteroatoms. The van der Waals surface area contributed by atoms with Crippen molar-refractivity contribution in [2.24, 2.45) is 0 Å². The first-order valence-electron chi connectivity index (χ1n) is 6.92. The summed E-state index contributed by atoms with van der Waals surface area (Å²) in [6, 6.07) is 6.79. The van der Waals surface area contributed by atoms with Gasteiger partial charge in [0.05, 0.1) is 6.42 Å². The highest BCUT2D eigenvalue weighted by atomic mass is 32.2. The number of carboxylic acid groups (broad SMARTS) is 1. The fourth-order valence-electron chi connectivity index (χ4n) is 2.80. The molecule has 1 fully saturated rings. The average Bonchev–Trinajstić information content (AvgIpc) is 2.43. The Hall–Kier alpha value is -1.07. The van der Waals surface area contributed by atoms with E-state index in [1.807, 2.05) is 23.9 Å². The third-order valence-electron chi connectivity index (χ3n) is 3.73. The molecular formula is C15H20FNO2S. The van der Waals surface area contributed by atoms with Crippen LogP contribution in [0.5, 0.6) is 0 Å². The molecule has 1 heterocycles. The Balaban J connectivity index is 2.19. The van der Waals surface area contributed by atoms with E-state index in [1.165, 1.54) is 12.1 Å². The number of hydrogen-bond donors (Lipinski definition) is 1. The summed E-state index contributed by atoms with van der Waals surface area (Å²) in [5.41, 5.74) is 1.07. The van der Waals surface area contributed by atoms with Gasteiger partial charge in [0.1, 0.15) is 5.82 Å². The zero-order valence-electron chi connectivity index (χ0n) is 11.6. The van der Waals surface area contributed by atoms with Crippen LogP contribution in [-0.2, 0) is 4.79 Å². The van der Waals surface area contributed by atoms with Gasteiger partial charge in [-0.2, -0.15) is 11.8 Å². The Morgan fingerprint density at radius 2 is 2.20 bits per heavy atom. The summed E-state index contributed by atoms with van der Waals surface area (Å²) in [4.78, 5) is 13.3. The molecule has 0 saturated carbocycles. The Bertz CT molecular complexity index is 452. The van der Waals surface area contributed by atoms with Crippen molar-refractivity contribution in [1.82, 2.24) is 4.90 Å². The zero-order chi connectivity index (χ0) is 14.5. The lowest BCUT2D eigenvalue weighted by Crippen LogP contribution is -2.45. The Morgan fingerprint density at radius 1 is 1.50 bits per heavy atom. The van der Waals surface area contributed by atoms with Gasteiger partial charge in [-0.3, -0.25) is 9.69 Å². The van der Waals surface area contributed by atoms with Crippen LogP contribution < -0.4 is 0 Å².